The number of hydrogen-bond acceptors (Lipinski definition) is 7. The molecule has 3 amide bonds. The number of amides is 3. The predicted molar refractivity (Wildman–Crippen MR) is 147 cm³/mol. The third kappa shape index (κ3) is 4.51. The fraction of sp³-hybridized carbons (Fsp3) is 0.143. The highest BCUT2D eigenvalue weighted by Gasteiger charge is 2.26. The van der Waals surface area contributed by atoms with E-state index in [1.807, 2.05) is 30.3 Å². The summed E-state index contributed by atoms with van der Waals surface area (Å²) in [6, 6.07) is 14.4. The number of nitrogens with one attached hydrogen (secondary N) is 3. The van der Waals surface area contributed by atoms with Gasteiger partial charge in [-0.25, -0.2) is 4.79 Å². The molecule has 1 heterocycles. The quantitative estimate of drug-likeness (QED) is 0.188. The van der Waals surface area contributed by atoms with E-state index in [-0.39, 0.29) is 22.8 Å². The normalized spacial score (nSPS) is 11.2. The second kappa shape index (κ2) is 10.7. The molecular weight excluding hydrogens is 518 g/mol. The number of aromatic amines is 2. The third-order valence-electron chi connectivity index (χ3n) is 6.38. The first-order valence-corrected chi connectivity index (χ1v) is 11.9. The number of benzene rings is 3. The first-order chi connectivity index (χ1) is 19.4. The fourth-order valence-corrected chi connectivity index (χ4v) is 4.53. The van der Waals surface area contributed by atoms with E-state index >= 15 is 0 Å². The molecule has 0 radical (unpaired) electrons. The van der Waals surface area contributed by atoms with Crippen LogP contribution in [0.2, 0.25) is 0 Å². The van der Waals surface area contributed by atoms with Crippen LogP contribution in [-0.4, -0.2) is 55.7 Å². The van der Waals surface area contributed by atoms with Crippen LogP contribution in [0.25, 0.3) is 33.3 Å². The van der Waals surface area contributed by atoms with Crippen molar-refractivity contribution in [1.29, 1.82) is 0 Å². The van der Waals surface area contributed by atoms with Crippen LogP contribution >= 0.6 is 0 Å². The van der Waals surface area contributed by atoms with E-state index in [1.54, 1.807) is 19.2 Å². The van der Waals surface area contributed by atoms with Crippen molar-refractivity contribution in [3.63, 3.8) is 0 Å². The van der Waals surface area contributed by atoms with Crippen LogP contribution in [0.1, 0.15) is 10.4 Å². The van der Waals surface area contributed by atoms with Gasteiger partial charge in [-0.15, -0.1) is 5.11 Å². The zero-order valence-corrected chi connectivity index (χ0v) is 22.0. The Morgan fingerprint density at radius 2 is 1.50 bits per heavy atom. The molecule has 4 N–H and O–H groups in total. The lowest BCUT2D eigenvalue weighted by Gasteiger charge is -2.12. The van der Waals surface area contributed by atoms with Crippen LogP contribution in [0.5, 0.6) is 28.7 Å². The van der Waals surface area contributed by atoms with Crippen molar-refractivity contribution in [1.82, 2.24) is 10.2 Å². The number of aromatic nitrogens is 2. The van der Waals surface area contributed by atoms with Crippen molar-refractivity contribution < 1.29 is 33.6 Å². The lowest BCUT2D eigenvalue weighted by molar-refractivity contribution is 0.0993. The van der Waals surface area contributed by atoms with Crippen LogP contribution in [0.15, 0.2) is 64.8 Å². The number of ether oxygens (including phenoxy) is 4. The van der Waals surface area contributed by atoms with Gasteiger partial charge in [0, 0.05) is 10.9 Å². The number of fused-ring (bicyclic) bond motifs is 3. The van der Waals surface area contributed by atoms with E-state index in [0.717, 1.165) is 5.56 Å². The molecule has 1 aliphatic carbocycles. The number of H-pyrrole nitrogens is 2. The number of aromatic hydroxyl groups is 1. The molecule has 0 bridgehead atoms. The van der Waals surface area contributed by atoms with Crippen molar-refractivity contribution in [3.05, 3.63) is 60.2 Å². The Labute approximate surface area is 227 Å². The molecule has 5 rings (SSSR count). The van der Waals surface area contributed by atoms with Crippen molar-refractivity contribution in [2.24, 2.45) is 10.2 Å². The molecular formula is C28H25N5O7. The molecule has 0 saturated carbocycles. The highest BCUT2D eigenvalue weighted by molar-refractivity contribution is 6.16. The number of carbonyl (C=O) groups is 2. The molecule has 0 fully saturated rings. The third-order valence-corrected chi connectivity index (χ3v) is 6.38. The summed E-state index contributed by atoms with van der Waals surface area (Å²) in [5.41, 5.74) is 3.08. The SMILES string of the molecule is COc1ccc(-c2[nH][nH]c3c4cccc(NC(=O)N=NC(=O)c5cc(OC)c(OC)c(OC)c5)c4c(O)c2-3)cc1. The van der Waals surface area contributed by atoms with Crippen LogP contribution in [-0.2, 0) is 0 Å². The van der Waals surface area contributed by atoms with Crippen molar-refractivity contribution in [2.45, 2.75) is 0 Å². The van der Waals surface area contributed by atoms with Crippen LogP contribution < -0.4 is 24.3 Å². The van der Waals surface area contributed by atoms with Gasteiger partial charge >= 0.3 is 6.03 Å². The molecule has 40 heavy (non-hydrogen) atoms. The first-order valence-electron chi connectivity index (χ1n) is 11.9. The number of anilines is 1. The molecule has 0 unspecified atom stereocenters. The van der Waals surface area contributed by atoms with Gasteiger partial charge < -0.3 is 29.4 Å². The molecule has 0 aromatic heterocycles. The van der Waals surface area contributed by atoms with E-state index in [4.69, 9.17) is 18.9 Å². The number of hydrogen-bond donors (Lipinski definition) is 4. The lowest BCUT2D eigenvalue weighted by atomic mass is 10.1. The largest absolute Gasteiger partial charge is 0.506 e. The zero-order valence-electron chi connectivity index (χ0n) is 22.0. The molecule has 204 valence electrons. The van der Waals surface area contributed by atoms with Gasteiger partial charge in [0.05, 0.1) is 62.0 Å². The summed E-state index contributed by atoms with van der Waals surface area (Å²) in [5, 5.41) is 28.2. The molecule has 1 aliphatic heterocycles. The predicted octanol–water partition coefficient (Wildman–Crippen LogP) is 5.83. The maximum Gasteiger partial charge on any atom is 0.364 e. The number of azo groups is 1. The summed E-state index contributed by atoms with van der Waals surface area (Å²) < 4.78 is 21.0. The van der Waals surface area contributed by atoms with Gasteiger partial charge in [0.2, 0.25) is 5.75 Å². The van der Waals surface area contributed by atoms with E-state index in [0.29, 0.717) is 44.9 Å². The molecule has 2 aliphatic rings. The zero-order chi connectivity index (χ0) is 28.4. The molecule has 0 spiro atoms. The number of urea groups is 1. The first kappa shape index (κ1) is 26.1. The molecule has 12 nitrogen and oxygen atoms in total. The summed E-state index contributed by atoms with van der Waals surface area (Å²) in [6.07, 6.45) is 0. The molecule has 12 heteroatoms. The Hall–Kier alpha value is -5.52. The number of carbonyl (C=O) groups excluding carboxylic acids is 2. The smallest absolute Gasteiger partial charge is 0.364 e. The topological polar surface area (TPSA) is 160 Å². The van der Waals surface area contributed by atoms with E-state index in [1.165, 1.54) is 33.5 Å². The Morgan fingerprint density at radius 1 is 0.825 bits per heavy atom. The highest BCUT2D eigenvalue weighted by atomic mass is 16.5. The minimum atomic E-state index is -0.903. The Bertz CT molecular complexity index is 1690. The van der Waals surface area contributed by atoms with Crippen LogP contribution in [0.3, 0.4) is 0 Å². The average Bonchev–Trinajstić information content (AvgIpc) is 3.55. The van der Waals surface area contributed by atoms with Crippen molar-refractivity contribution in [3.8, 4) is 51.3 Å². The second-order valence-corrected chi connectivity index (χ2v) is 8.53. The highest BCUT2D eigenvalue weighted by Crippen LogP contribution is 2.50. The molecule has 3 aromatic carbocycles. The summed E-state index contributed by atoms with van der Waals surface area (Å²) in [5.74, 6) is 0.694. The van der Waals surface area contributed by atoms with Gasteiger partial charge in [-0.05, 0) is 42.5 Å². The average molecular weight is 544 g/mol. The fourth-order valence-electron chi connectivity index (χ4n) is 4.53. The monoisotopic (exact) mass is 543 g/mol. The van der Waals surface area contributed by atoms with E-state index in [2.05, 4.69) is 25.7 Å². The summed E-state index contributed by atoms with van der Waals surface area (Å²) in [6.45, 7) is 0. The second-order valence-electron chi connectivity index (χ2n) is 8.53. The minimum Gasteiger partial charge on any atom is -0.506 e. The van der Waals surface area contributed by atoms with Gasteiger partial charge in [0.15, 0.2) is 11.5 Å². The Kier molecular flexibility index (Phi) is 6.98. The van der Waals surface area contributed by atoms with Crippen molar-refractivity contribution in [2.75, 3.05) is 33.8 Å². The van der Waals surface area contributed by atoms with Crippen LogP contribution in [0.4, 0.5) is 10.5 Å². The number of rotatable bonds is 7. The van der Waals surface area contributed by atoms with Gasteiger partial charge in [0.1, 0.15) is 11.5 Å². The Morgan fingerprint density at radius 3 is 2.12 bits per heavy atom. The lowest BCUT2D eigenvalue weighted by Crippen LogP contribution is -2.07. The maximum absolute atomic E-state index is 12.7. The summed E-state index contributed by atoms with van der Waals surface area (Å²) in [7, 11) is 5.86. The van der Waals surface area contributed by atoms with E-state index in [9.17, 15) is 14.7 Å². The number of methoxy groups -OCH3 is 4. The van der Waals surface area contributed by atoms with E-state index < -0.39 is 11.9 Å². The van der Waals surface area contributed by atoms with Gasteiger partial charge in [-0.3, -0.25) is 15.0 Å². The van der Waals surface area contributed by atoms with Gasteiger partial charge in [-0.2, -0.15) is 0 Å². The molecule has 0 atom stereocenters. The van der Waals surface area contributed by atoms with Gasteiger partial charge in [0.25, 0.3) is 5.91 Å². The Balaban J connectivity index is 1.42. The summed E-state index contributed by atoms with van der Waals surface area (Å²) >= 11 is 0. The van der Waals surface area contributed by atoms with Gasteiger partial charge in [-0.1, -0.05) is 17.2 Å². The summed E-state index contributed by atoms with van der Waals surface area (Å²) in [4.78, 5) is 25.3. The minimum absolute atomic E-state index is 0.0327. The number of nitrogens with zero attached hydrogens (tertiary/aromatic N) is 2. The standard InChI is InChI=1S/C28H25N5O7/c1-37-16-10-8-14(9-11-16)23-22-24(31-30-23)17-6-5-7-18(21(17)25(22)34)29-28(36)33-32-27(35)15-12-19(38-2)26(40-4)20(13-15)39-3/h5-13,30-31,34H,1-4H3,(H,29,36). The molecule has 0 saturated heterocycles. The van der Waals surface area contributed by atoms with Crippen molar-refractivity contribution >= 4 is 28.4 Å². The molecule has 3 aromatic rings. The maximum atomic E-state index is 12.7. The van der Waals surface area contributed by atoms with Crippen LogP contribution in [0, 0.1) is 0 Å².